The lowest BCUT2D eigenvalue weighted by Gasteiger charge is -2.03. The van der Waals surface area contributed by atoms with Gasteiger partial charge >= 0.3 is 0 Å². The highest BCUT2D eigenvalue weighted by Gasteiger charge is 2.04. The van der Waals surface area contributed by atoms with Gasteiger partial charge in [-0.15, -0.1) is 0 Å². The van der Waals surface area contributed by atoms with Gasteiger partial charge in [-0.25, -0.2) is 0 Å². The van der Waals surface area contributed by atoms with Crippen LogP contribution < -0.4 is 4.74 Å². The van der Waals surface area contributed by atoms with Crippen LogP contribution in [0.4, 0.5) is 0 Å². The summed E-state index contributed by atoms with van der Waals surface area (Å²) in [5.74, 6) is 0.882. The summed E-state index contributed by atoms with van der Waals surface area (Å²) in [6, 6.07) is 8.16. The van der Waals surface area contributed by atoms with Crippen LogP contribution in [0.2, 0.25) is 0 Å². The number of aryl methyl sites for hydroxylation is 1. The molecule has 0 saturated carbocycles. The van der Waals surface area contributed by atoms with Crippen LogP contribution in [0.1, 0.15) is 18.9 Å². The second-order valence-electron chi connectivity index (χ2n) is 3.61. The van der Waals surface area contributed by atoms with Crippen molar-refractivity contribution in [1.29, 1.82) is 5.26 Å². The maximum atomic E-state index is 8.59. The summed E-state index contributed by atoms with van der Waals surface area (Å²) >= 11 is 0. The van der Waals surface area contributed by atoms with Crippen LogP contribution in [0.25, 0.3) is 10.9 Å². The zero-order chi connectivity index (χ0) is 11.4. The highest BCUT2D eigenvalue weighted by atomic mass is 16.5. The van der Waals surface area contributed by atoms with Crippen LogP contribution in [0, 0.1) is 11.3 Å². The number of aromatic amines is 1. The molecule has 1 heterocycles. The lowest BCUT2D eigenvalue weighted by molar-refractivity contribution is 0.340. The van der Waals surface area contributed by atoms with E-state index in [0.29, 0.717) is 13.0 Å². The molecule has 1 aromatic heterocycles. The van der Waals surface area contributed by atoms with Gasteiger partial charge in [0.2, 0.25) is 0 Å². The Bertz CT molecular complexity index is 522. The predicted octanol–water partition coefficient (Wildman–Crippen LogP) is 3.02. The van der Waals surface area contributed by atoms with Crippen molar-refractivity contribution in [3.63, 3.8) is 0 Å². The van der Waals surface area contributed by atoms with E-state index in [2.05, 4.69) is 11.1 Å². The summed E-state index contributed by atoms with van der Waals surface area (Å²) in [7, 11) is 0. The molecular weight excluding hydrogens is 200 g/mol. The molecule has 0 fully saturated rings. The van der Waals surface area contributed by atoms with Crippen molar-refractivity contribution in [3.8, 4) is 11.8 Å². The first kappa shape index (κ1) is 10.6. The van der Waals surface area contributed by atoms with Crippen molar-refractivity contribution in [2.75, 3.05) is 6.61 Å². The molecule has 82 valence electrons. The summed E-state index contributed by atoms with van der Waals surface area (Å²) < 4.78 is 5.46. The van der Waals surface area contributed by atoms with Crippen LogP contribution in [0.15, 0.2) is 24.4 Å². The largest absolute Gasteiger partial charge is 0.494 e. The minimum absolute atomic E-state index is 0.547. The van der Waals surface area contributed by atoms with Gasteiger partial charge in [0.1, 0.15) is 5.75 Å². The van der Waals surface area contributed by atoms with E-state index >= 15 is 0 Å². The van der Waals surface area contributed by atoms with Gasteiger partial charge in [-0.1, -0.05) is 0 Å². The SMILES string of the molecule is CCOc1ccc2[nH]cc(CCC#N)c2c1. The molecule has 3 heteroatoms. The molecule has 0 atom stereocenters. The van der Waals surface area contributed by atoms with Gasteiger partial charge in [0.15, 0.2) is 0 Å². The monoisotopic (exact) mass is 214 g/mol. The van der Waals surface area contributed by atoms with Crippen LogP contribution in [0.3, 0.4) is 0 Å². The Morgan fingerprint density at radius 1 is 1.44 bits per heavy atom. The minimum atomic E-state index is 0.547. The number of nitrogens with one attached hydrogen (secondary N) is 1. The minimum Gasteiger partial charge on any atom is -0.494 e. The third-order valence-corrected chi connectivity index (χ3v) is 2.56. The summed E-state index contributed by atoms with van der Waals surface area (Å²) in [6.07, 6.45) is 3.30. The fraction of sp³-hybridized carbons (Fsp3) is 0.308. The summed E-state index contributed by atoms with van der Waals surface area (Å²) in [5.41, 5.74) is 2.27. The van der Waals surface area contributed by atoms with E-state index in [4.69, 9.17) is 10.00 Å². The fourth-order valence-electron chi connectivity index (χ4n) is 1.81. The number of benzene rings is 1. The molecule has 16 heavy (non-hydrogen) atoms. The van der Waals surface area contributed by atoms with Gasteiger partial charge in [0, 0.05) is 23.5 Å². The molecule has 0 aliphatic heterocycles. The maximum absolute atomic E-state index is 8.59. The zero-order valence-corrected chi connectivity index (χ0v) is 9.29. The molecule has 0 radical (unpaired) electrons. The Hall–Kier alpha value is -1.95. The predicted molar refractivity (Wildman–Crippen MR) is 63.4 cm³/mol. The molecule has 1 N–H and O–H groups in total. The maximum Gasteiger partial charge on any atom is 0.120 e. The van der Waals surface area contributed by atoms with Gasteiger partial charge in [-0.05, 0) is 37.1 Å². The van der Waals surface area contributed by atoms with E-state index in [-0.39, 0.29) is 0 Å². The number of fused-ring (bicyclic) bond motifs is 1. The third kappa shape index (κ3) is 2.01. The van der Waals surface area contributed by atoms with E-state index in [0.717, 1.165) is 23.1 Å². The zero-order valence-electron chi connectivity index (χ0n) is 9.29. The van der Waals surface area contributed by atoms with E-state index in [1.165, 1.54) is 5.56 Å². The van der Waals surface area contributed by atoms with E-state index in [9.17, 15) is 0 Å². The number of rotatable bonds is 4. The molecule has 1 aromatic carbocycles. The van der Waals surface area contributed by atoms with E-state index in [1.54, 1.807) is 0 Å². The van der Waals surface area contributed by atoms with E-state index in [1.807, 2.05) is 31.3 Å². The second kappa shape index (κ2) is 4.71. The van der Waals surface area contributed by atoms with Gasteiger partial charge in [0.05, 0.1) is 12.7 Å². The third-order valence-electron chi connectivity index (χ3n) is 2.56. The molecule has 2 rings (SSSR count). The summed E-state index contributed by atoms with van der Waals surface area (Å²) in [5, 5.41) is 9.74. The number of hydrogen-bond donors (Lipinski definition) is 1. The van der Waals surface area contributed by atoms with Gasteiger partial charge in [0.25, 0.3) is 0 Å². The molecular formula is C13H14N2O. The molecule has 0 aliphatic rings. The Morgan fingerprint density at radius 3 is 3.06 bits per heavy atom. The molecule has 0 saturated heterocycles. The van der Waals surface area contributed by atoms with Crippen molar-refractivity contribution in [2.45, 2.75) is 19.8 Å². The van der Waals surface area contributed by atoms with Crippen molar-refractivity contribution in [1.82, 2.24) is 4.98 Å². The Labute approximate surface area is 94.7 Å². The molecule has 0 bridgehead atoms. The normalized spacial score (nSPS) is 10.2. The number of ether oxygens (including phenoxy) is 1. The molecule has 3 nitrogen and oxygen atoms in total. The highest BCUT2D eigenvalue weighted by molar-refractivity contribution is 5.84. The van der Waals surface area contributed by atoms with Gasteiger partial charge in [-0.2, -0.15) is 5.26 Å². The lowest BCUT2D eigenvalue weighted by atomic mass is 10.1. The quantitative estimate of drug-likeness (QED) is 0.850. The number of hydrogen-bond acceptors (Lipinski definition) is 2. The first-order chi connectivity index (χ1) is 7.85. The number of nitrogens with zero attached hydrogens (tertiary/aromatic N) is 1. The Kier molecular flexibility index (Phi) is 3.11. The first-order valence-corrected chi connectivity index (χ1v) is 5.45. The van der Waals surface area contributed by atoms with Crippen LogP contribution >= 0.6 is 0 Å². The number of aromatic nitrogens is 1. The molecule has 0 unspecified atom stereocenters. The van der Waals surface area contributed by atoms with Crippen molar-refractivity contribution < 1.29 is 4.74 Å². The molecule has 0 spiro atoms. The average Bonchev–Trinajstić information content (AvgIpc) is 2.69. The fourth-order valence-corrected chi connectivity index (χ4v) is 1.81. The molecule has 0 amide bonds. The first-order valence-electron chi connectivity index (χ1n) is 5.45. The van der Waals surface area contributed by atoms with Crippen LogP contribution in [-0.4, -0.2) is 11.6 Å². The molecule has 2 aromatic rings. The topological polar surface area (TPSA) is 48.8 Å². The van der Waals surface area contributed by atoms with Gasteiger partial charge in [-0.3, -0.25) is 0 Å². The summed E-state index contributed by atoms with van der Waals surface area (Å²) in [6.45, 7) is 2.64. The highest BCUT2D eigenvalue weighted by Crippen LogP contribution is 2.24. The van der Waals surface area contributed by atoms with Gasteiger partial charge < -0.3 is 9.72 Å². The van der Waals surface area contributed by atoms with Crippen molar-refractivity contribution in [3.05, 3.63) is 30.0 Å². The molecule has 0 aliphatic carbocycles. The summed E-state index contributed by atoms with van der Waals surface area (Å²) in [4.78, 5) is 3.20. The smallest absolute Gasteiger partial charge is 0.120 e. The van der Waals surface area contributed by atoms with E-state index < -0.39 is 0 Å². The van der Waals surface area contributed by atoms with Crippen LogP contribution in [0.5, 0.6) is 5.75 Å². The van der Waals surface area contributed by atoms with Crippen LogP contribution in [-0.2, 0) is 6.42 Å². The number of H-pyrrole nitrogens is 1. The lowest BCUT2D eigenvalue weighted by Crippen LogP contribution is -1.90. The standard InChI is InChI=1S/C13H14N2O/c1-2-16-11-5-6-13-12(8-11)10(9-15-13)4-3-7-14/h5-6,8-9,15H,2-4H2,1H3. The van der Waals surface area contributed by atoms with Crippen molar-refractivity contribution in [2.24, 2.45) is 0 Å². The number of nitriles is 1. The average molecular weight is 214 g/mol. The Balaban J connectivity index is 2.36. The second-order valence-corrected chi connectivity index (χ2v) is 3.61. The Morgan fingerprint density at radius 2 is 2.31 bits per heavy atom. The van der Waals surface area contributed by atoms with Crippen molar-refractivity contribution >= 4 is 10.9 Å².